The van der Waals surface area contributed by atoms with Crippen molar-refractivity contribution in [3.63, 3.8) is 0 Å². The number of rotatable bonds is 10. The second-order valence-electron chi connectivity index (χ2n) is 6.75. The first-order valence-electron chi connectivity index (χ1n) is 9.96. The van der Waals surface area contributed by atoms with E-state index in [1.807, 2.05) is 30.3 Å². The quantitative estimate of drug-likeness (QED) is 0.329. The SMILES string of the molecule is COC(=O)c1ccc(C(=O)NCCC[C@H](NC(=O)OCc2ccccc2)C(=O)OC)cc1. The first kappa shape index (κ1) is 24.4. The number of benzene rings is 2. The molecule has 0 saturated heterocycles. The van der Waals surface area contributed by atoms with E-state index in [2.05, 4.69) is 15.4 Å². The lowest BCUT2D eigenvalue weighted by molar-refractivity contribution is -0.143. The van der Waals surface area contributed by atoms with Gasteiger partial charge in [-0.3, -0.25) is 4.79 Å². The summed E-state index contributed by atoms with van der Waals surface area (Å²) in [6.07, 6.45) is -0.0849. The zero-order chi connectivity index (χ0) is 23.3. The Morgan fingerprint density at radius 2 is 1.53 bits per heavy atom. The highest BCUT2D eigenvalue weighted by Gasteiger charge is 2.22. The van der Waals surface area contributed by atoms with Crippen molar-refractivity contribution >= 4 is 23.9 Å². The van der Waals surface area contributed by atoms with Crippen molar-refractivity contribution in [1.82, 2.24) is 10.6 Å². The van der Waals surface area contributed by atoms with Gasteiger partial charge in [-0.05, 0) is 42.7 Å². The van der Waals surface area contributed by atoms with Crippen molar-refractivity contribution < 1.29 is 33.4 Å². The minimum Gasteiger partial charge on any atom is -0.467 e. The molecule has 0 spiro atoms. The molecule has 2 rings (SSSR count). The number of esters is 2. The molecule has 0 bridgehead atoms. The molecule has 9 heteroatoms. The molecule has 32 heavy (non-hydrogen) atoms. The Kier molecular flexibility index (Phi) is 9.70. The fraction of sp³-hybridized carbons (Fsp3) is 0.304. The van der Waals surface area contributed by atoms with Gasteiger partial charge in [0, 0.05) is 12.1 Å². The number of ether oxygens (including phenoxy) is 3. The number of hydrogen-bond donors (Lipinski definition) is 2. The van der Waals surface area contributed by atoms with Crippen molar-refractivity contribution in [2.24, 2.45) is 0 Å². The minimum absolute atomic E-state index is 0.0748. The van der Waals surface area contributed by atoms with Crippen LogP contribution in [0.4, 0.5) is 4.79 Å². The Bertz CT molecular complexity index is 914. The van der Waals surface area contributed by atoms with E-state index in [4.69, 9.17) is 9.47 Å². The summed E-state index contributed by atoms with van der Waals surface area (Å²) < 4.78 is 14.5. The Morgan fingerprint density at radius 3 is 2.16 bits per heavy atom. The summed E-state index contributed by atoms with van der Waals surface area (Å²) in [6, 6.07) is 14.3. The van der Waals surface area contributed by atoms with Gasteiger partial charge >= 0.3 is 18.0 Å². The molecule has 0 saturated carbocycles. The molecule has 2 aromatic carbocycles. The zero-order valence-electron chi connectivity index (χ0n) is 18.0. The Morgan fingerprint density at radius 1 is 0.875 bits per heavy atom. The van der Waals surface area contributed by atoms with E-state index in [1.54, 1.807) is 0 Å². The normalized spacial score (nSPS) is 11.1. The van der Waals surface area contributed by atoms with E-state index in [0.29, 0.717) is 17.5 Å². The second-order valence-corrected chi connectivity index (χ2v) is 6.75. The molecular formula is C23H26N2O7. The van der Waals surface area contributed by atoms with E-state index in [-0.39, 0.29) is 25.5 Å². The third-order valence-electron chi connectivity index (χ3n) is 4.51. The molecule has 0 fully saturated rings. The third-order valence-corrected chi connectivity index (χ3v) is 4.51. The van der Waals surface area contributed by atoms with Crippen molar-refractivity contribution in [2.75, 3.05) is 20.8 Å². The molecule has 0 radical (unpaired) electrons. The number of alkyl carbamates (subject to hydrolysis) is 1. The third kappa shape index (κ3) is 7.75. The van der Waals surface area contributed by atoms with Crippen molar-refractivity contribution in [3.8, 4) is 0 Å². The molecule has 2 amide bonds. The van der Waals surface area contributed by atoms with Crippen LogP contribution >= 0.6 is 0 Å². The number of amides is 2. The van der Waals surface area contributed by atoms with Crippen LogP contribution in [-0.4, -0.2) is 50.7 Å². The number of methoxy groups -OCH3 is 2. The molecule has 0 aliphatic carbocycles. The highest BCUT2D eigenvalue weighted by Crippen LogP contribution is 2.07. The van der Waals surface area contributed by atoms with Crippen LogP contribution in [0.3, 0.4) is 0 Å². The molecule has 2 aromatic rings. The zero-order valence-corrected chi connectivity index (χ0v) is 18.0. The highest BCUT2D eigenvalue weighted by atomic mass is 16.6. The number of hydrogen-bond acceptors (Lipinski definition) is 7. The van der Waals surface area contributed by atoms with Crippen molar-refractivity contribution in [2.45, 2.75) is 25.5 Å². The summed E-state index contributed by atoms with van der Waals surface area (Å²) in [7, 11) is 2.51. The molecule has 0 heterocycles. The summed E-state index contributed by atoms with van der Waals surface area (Å²) in [4.78, 5) is 47.7. The van der Waals surface area contributed by atoms with Crippen LogP contribution in [0.15, 0.2) is 54.6 Å². The molecule has 0 aliphatic rings. The van der Waals surface area contributed by atoms with Gasteiger partial charge in [-0.2, -0.15) is 0 Å². The predicted octanol–water partition coefficient (Wildman–Crippen LogP) is 2.45. The standard InChI is InChI=1S/C23H26N2O7/c1-30-21(27)18-12-10-17(11-13-18)20(26)24-14-6-9-19(22(28)31-2)25-23(29)32-15-16-7-4-3-5-8-16/h3-5,7-8,10-13,19H,6,9,14-15H2,1-2H3,(H,24,26)(H,25,29)/t19-/m0/s1. The van der Waals surface area contributed by atoms with Gasteiger partial charge in [0.2, 0.25) is 0 Å². The molecule has 2 N–H and O–H groups in total. The fourth-order valence-corrected chi connectivity index (χ4v) is 2.78. The minimum atomic E-state index is -0.903. The summed E-state index contributed by atoms with van der Waals surface area (Å²) >= 11 is 0. The molecule has 170 valence electrons. The lowest BCUT2D eigenvalue weighted by Gasteiger charge is -2.16. The van der Waals surface area contributed by atoms with Crippen LogP contribution in [0.1, 0.15) is 39.1 Å². The average molecular weight is 442 g/mol. The van der Waals surface area contributed by atoms with Crippen LogP contribution in [0.25, 0.3) is 0 Å². The van der Waals surface area contributed by atoms with Gasteiger partial charge < -0.3 is 24.8 Å². The molecule has 0 aromatic heterocycles. The van der Waals surface area contributed by atoms with E-state index in [0.717, 1.165) is 5.56 Å². The van der Waals surface area contributed by atoms with Gasteiger partial charge in [-0.15, -0.1) is 0 Å². The van der Waals surface area contributed by atoms with Gasteiger partial charge in [0.05, 0.1) is 19.8 Å². The fourth-order valence-electron chi connectivity index (χ4n) is 2.78. The van der Waals surface area contributed by atoms with Gasteiger partial charge in [0.25, 0.3) is 5.91 Å². The van der Waals surface area contributed by atoms with Gasteiger partial charge in [0.1, 0.15) is 12.6 Å². The maximum Gasteiger partial charge on any atom is 0.408 e. The number of carbonyl (C=O) groups is 4. The van der Waals surface area contributed by atoms with Crippen molar-refractivity contribution in [1.29, 1.82) is 0 Å². The smallest absolute Gasteiger partial charge is 0.408 e. The van der Waals surface area contributed by atoms with E-state index in [1.165, 1.54) is 38.5 Å². The van der Waals surface area contributed by atoms with E-state index in [9.17, 15) is 19.2 Å². The highest BCUT2D eigenvalue weighted by molar-refractivity contribution is 5.96. The van der Waals surface area contributed by atoms with E-state index < -0.39 is 24.1 Å². The van der Waals surface area contributed by atoms with Gasteiger partial charge in [-0.1, -0.05) is 30.3 Å². The number of nitrogens with one attached hydrogen (secondary N) is 2. The summed E-state index contributed by atoms with van der Waals surface area (Å²) in [6.45, 7) is 0.344. The summed E-state index contributed by atoms with van der Waals surface area (Å²) in [5.74, 6) is -1.42. The Labute approximate surface area is 186 Å². The second kappa shape index (κ2) is 12.7. The molecule has 9 nitrogen and oxygen atoms in total. The predicted molar refractivity (Wildman–Crippen MR) is 115 cm³/mol. The van der Waals surface area contributed by atoms with Crippen LogP contribution in [-0.2, 0) is 25.6 Å². The molecule has 0 unspecified atom stereocenters. The summed E-state index contributed by atoms with van der Waals surface area (Å²) in [5, 5.41) is 5.21. The maximum atomic E-state index is 12.2. The Balaban J connectivity index is 1.78. The van der Waals surface area contributed by atoms with Crippen LogP contribution in [0.2, 0.25) is 0 Å². The first-order valence-corrected chi connectivity index (χ1v) is 9.96. The van der Waals surface area contributed by atoms with E-state index >= 15 is 0 Å². The topological polar surface area (TPSA) is 120 Å². The van der Waals surface area contributed by atoms with Gasteiger partial charge in [-0.25, -0.2) is 14.4 Å². The monoisotopic (exact) mass is 442 g/mol. The largest absolute Gasteiger partial charge is 0.467 e. The number of carbonyl (C=O) groups excluding carboxylic acids is 4. The van der Waals surface area contributed by atoms with Gasteiger partial charge in [0.15, 0.2) is 0 Å². The van der Waals surface area contributed by atoms with Crippen LogP contribution < -0.4 is 10.6 Å². The maximum absolute atomic E-state index is 12.2. The molecular weight excluding hydrogens is 416 g/mol. The van der Waals surface area contributed by atoms with Crippen molar-refractivity contribution in [3.05, 3.63) is 71.3 Å². The lowest BCUT2D eigenvalue weighted by Crippen LogP contribution is -2.42. The summed E-state index contributed by atoms with van der Waals surface area (Å²) in [5.41, 5.74) is 1.54. The molecule has 0 aliphatic heterocycles. The van der Waals surface area contributed by atoms with Crippen LogP contribution in [0.5, 0.6) is 0 Å². The average Bonchev–Trinajstić information content (AvgIpc) is 2.84. The lowest BCUT2D eigenvalue weighted by atomic mass is 10.1. The molecule has 1 atom stereocenters. The van der Waals surface area contributed by atoms with Crippen LogP contribution in [0, 0.1) is 0 Å². The first-order chi connectivity index (χ1) is 15.4. The Hall–Kier alpha value is -3.88.